The fraction of sp³-hybridized carbons (Fsp3) is 0.526. The summed E-state index contributed by atoms with van der Waals surface area (Å²) in [5.41, 5.74) is 2.70. The summed E-state index contributed by atoms with van der Waals surface area (Å²) in [7, 11) is 0. The van der Waals surface area contributed by atoms with Crippen molar-refractivity contribution >= 4 is 0 Å². The Labute approximate surface area is 137 Å². The Morgan fingerprint density at radius 1 is 1.30 bits per heavy atom. The van der Waals surface area contributed by atoms with Gasteiger partial charge in [0.25, 0.3) is 0 Å². The first-order valence-electron chi connectivity index (χ1n) is 8.53. The lowest BCUT2D eigenvalue weighted by atomic mass is 9.57. The van der Waals surface area contributed by atoms with E-state index in [1.165, 1.54) is 12.0 Å². The van der Waals surface area contributed by atoms with Crippen molar-refractivity contribution in [2.75, 3.05) is 6.61 Å². The highest BCUT2D eigenvalue weighted by Gasteiger charge is 2.59. The highest BCUT2D eigenvalue weighted by atomic mass is 16.5. The Morgan fingerprint density at radius 3 is 2.78 bits per heavy atom. The predicted octanol–water partition coefficient (Wildman–Crippen LogP) is 3.34. The minimum Gasteiger partial charge on any atom is -0.377 e. The first kappa shape index (κ1) is 14.9. The summed E-state index contributed by atoms with van der Waals surface area (Å²) in [6, 6.07) is 9.62. The molecule has 2 heterocycles. The number of imidazole rings is 1. The molecule has 4 heteroatoms. The Morgan fingerprint density at radius 2 is 2.09 bits per heavy atom. The third-order valence-electron chi connectivity index (χ3n) is 5.73. The van der Waals surface area contributed by atoms with E-state index in [9.17, 15) is 0 Å². The van der Waals surface area contributed by atoms with Crippen molar-refractivity contribution in [3.63, 3.8) is 0 Å². The van der Waals surface area contributed by atoms with Crippen molar-refractivity contribution in [1.29, 1.82) is 0 Å². The molecule has 0 unspecified atom stereocenters. The van der Waals surface area contributed by atoms with Gasteiger partial charge in [-0.3, -0.25) is 0 Å². The van der Waals surface area contributed by atoms with Crippen LogP contribution in [-0.2, 0) is 4.74 Å². The van der Waals surface area contributed by atoms with Gasteiger partial charge in [-0.2, -0.15) is 0 Å². The maximum absolute atomic E-state index is 5.89. The number of fused-ring (bicyclic) bond motifs is 1. The highest BCUT2D eigenvalue weighted by Crippen LogP contribution is 2.52. The number of aromatic nitrogens is 2. The van der Waals surface area contributed by atoms with Crippen molar-refractivity contribution < 1.29 is 4.74 Å². The van der Waals surface area contributed by atoms with Crippen LogP contribution in [-0.4, -0.2) is 28.3 Å². The van der Waals surface area contributed by atoms with Crippen molar-refractivity contribution in [2.24, 2.45) is 11.3 Å². The molecular formula is C19H25N3O. The van der Waals surface area contributed by atoms with Gasteiger partial charge in [0.05, 0.1) is 12.4 Å². The monoisotopic (exact) mass is 311 g/mol. The van der Waals surface area contributed by atoms with E-state index in [2.05, 4.69) is 55.3 Å². The number of hydrogen-bond acceptors (Lipinski definition) is 3. The normalized spacial score (nSPS) is 29.8. The van der Waals surface area contributed by atoms with E-state index >= 15 is 0 Å². The molecule has 0 bridgehead atoms. The number of ether oxygens (including phenoxy) is 1. The molecule has 1 N–H and O–H groups in total. The zero-order valence-corrected chi connectivity index (χ0v) is 14.1. The van der Waals surface area contributed by atoms with Gasteiger partial charge in [-0.25, -0.2) is 4.98 Å². The van der Waals surface area contributed by atoms with Crippen LogP contribution < -0.4 is 5.32 Å². The SMILES string of the molecule is C[C@H](N[C@@H]1[C@H]2CCO[C@@H]2C1(C)C)c1ccc(-n2ccnc2)cc1. The van der Waals surface area contributed by atoms with Gasteiger partial charge in [-0.1, -0.05) is 26.0 Å². The summed E-state index contributed by atoms with van der Waals surface area (Å²) in [5.74, 6) is 0.678. The van der Waals surface area contributed by atoms with Crippen molar-refractivity contribution in [3.05, 3.63) is 48.5 Å². The number of benzene rings is 1. The van der Waals surface area contributed by atoms with Crippen LogP contribution in [0.2, 0.25) is 0 Å². The topological polar surface area (TPSA) is 39.1 Å². The lowest BCUT2D eigenvalue weighted by molar-refractivity contribution is -0.115. The number of nitrogens with one attached hydrogen (secondary N) is 1. The van der Waals surface area contributed by atoms with Gasteiger partial charge in [-0.05, 0) is 31.0 Å². The van der Waals surface area contributed by atoms with Crippen LogP contribution in [0.3, 0.4) is 0 Å². The molecule has 2 fully saturated rings. The standard InChI is InChI=1S/C19H25N3O/c1-13(21-17-16-8-11-23-18(16)19(17,2)3)14-4-6-15(7-5-14)22-10-9-20-12-22/h4-7,9-10,12-13,16-18,21H,8,11H2,1-3H3/t13-,16+,17+,18-/m0/s1. The predicted molar refractivity (Wildman–Crippen MR) is 90.5 cm³/mol. The van der Waals surface area contributed by atoms with Crippen molar-refractivity contribution in [2.45, 2.75) is 45.4 Å². The first-order valence-corrected chi connectivity index (χ1v) is 8.53. The lowest BCUT2D eigenvalue weighted by Crippen LogP contribution is -2.66. The zero-order chi connectivity index (χ0) is 16.0. The Kier molecular flexibility index (Phi) is 3.54. The van der Waals surface area contributed by atoms with Gasteiger partial charge in [0.15, 0.2) is 0 Å². The quantitative estimate of drug-likeness (QED) is 0.941. The van der Waals surface area contributed by atoms with E-state index in [1.807, 2.05) is 17.1 Å². The summed E-state index contributed by atoms with van der Waals surface area (Å²) in [6.45, 7) is 7.83. The third-order valence-corrected chi connectivity index (χ3v) is 5.73. The summed E-state index contributed by atoms with van der Waals surface area (Å²) >= 11 is 0. The molecule has 0 radical (unpaired) electrons. The molecule has 4 atom stereocenters. The number of rotatable bonds is 4. The largest absolute Gasteiger partial charge is 0.377 e. The van der Waals surface area contributed by atoms with Crippen molar-refractivity contribution in [1.82, 2.24) is 14.9 Å². The van der Waals surface area contributed by atoms with E-state index in [4.69, 9.17) is 4.74 Å². The summed E-state index contributed by atoms with van der Waals surface area (Å²) in [4.78, 5) is 4.10. The number of hydrogen-bond donors (Lipinski definition) is 1. The van der Waals surface area contributed by atoms with Gasteiger partial charge in [0, 0.05) is 48.1 Å². The molecular weight excluding hydrogens is 286 g/mol. The molecule has 4 nitrogen and oxygen atoms in total. The van der Waals surface area contributed by atoms with E-state index in [0.717, 1.165) is 12.3 Å². The maximum Gasteiger partial charge on any atom is 0.0991 e. The van der Waals surface area contributed by atoms with Crippen LogP contribution in [0, 0.1) is 11.3 Å². The molecule has 1 saturated heterocycles. The average Bonchev–Trinajstić information content (AvgIpc) is 3.23. The van der Waals surface area contributed by atoms with E-state index in [-0.39, 0.29) is 5.41 Å². The Balaban J connectivity index is 1.46. The second kappa shape index (κ2) is 5.46. The van der Waals surface area contributed by atoms with Crippen LogP contribution in [0.25, 0.3) is 5.69 Å². The van der Waals surface area contributed by atoms with Crippen LogP contribution in [0.15, 0.2) is 43.0 Å². The van der Waals surface area contributed by atoms with Crippen LogP contribution in [0.5, 0.6) is 0 Å². The highest BCUT2D eigenvalue weighted by molar-refractivity contribution is 5.35. The minimum absolute atomic E-state index is 0.228. The average molecular weight is 311 g/mol. The molecule has 23 heavy (non-hydrogen) atoms. The molecule has 1 saturated carbocycles. The number of nitrogens with zero attached hydrogens (tertiary/aromatic N) is 2. The fourth-order valence-corrected chi connectivity index (χ4v) is 4.38. The second-order valence-corrected chi connectivity index (χ2v) is 7.49. The third kappa shape index (κ3) is 2.41. The second-order valence-electron chi connectivity index (χ2n) is 7.49. The molecule has 0 spiro atoms. The van der Waals surface area contributed by atoms with E-state index in [1.54, 1.807) is 6.20 Å². The van der Waals surface area contributed by atoms with Gasteiger partial charge in [-0.15, -0.1) is 0 Å². The minimum atomic E-state index is 0.228. The first-order chi connectivity index (χ1) is 11.1. The van der Waals surface area contributed by atoms with Crippen LogP contribution in [0.4, 0.5) is 0 Å². The maximum atomic E-state index is 5.89. The zero-order valence-electron chi connectivity index (χ0n) is 14.1. The van der Waals surface area contributed by atoms with E-state index < -0.39 is 0 Å². The Hall–Kier alpha value is -1.65. The molecule has 2 aliphatic rings. The molecule has 2 aromatic rings. The molecule has 122 valence electrons. The molecule has 1 aliphatic carbocycles. The molecule has 0 amide bonds. The lowest BCUT2D eigenvalue weighted by Gasteiger charge is -2.55. The molecule has 1 aromatic heterocycles. The Bertz CT molecular complexity index is 662. The summed E-state index contributed by atoms with van der Waals surface area (Å²) in [5, 5.41) is 3.85. The summed E-state index contributed by atoms with van der Waals surface area (Å²) in [6.07, 6.45) is 7.23. The van der Waals surface area contributed by atoms with Gasteiger partial charge in [0.2, 0.25) is 0 Å². The molecule has 1 aliphatic heterocycles. The van der Waals surface area contributed by atoms with E-state index in [0.29, 0.717) is 24.1 Å². The van der Waals surface area contributed by atoms with Gasteiger partial charge >= 0.3 is 0 Å². The molecule has 4 rings (SSSR count). The smallest absolute Gasteiger partial charge is 0.0991 e. The fourth-order valence-electron chi connectivity index (χ4n) is 4.38. The van der Waals surface area contributed by atoms with Gasteiger partial charge in [0.1, 0.15) is 0 Å². The van der Waals surface area contributed by atoms with Crippen LogP contribution >= 0.6 is 0 Å². The summed E-state index contributed by atoms with van der Waals surface area (Å²) < 4.78 is 7.92. The van der Waals surface area contributed by atoms with Crippen molar-refractivity contribution in [3.8, 4) is 5.69 Å². The van der Waals surface area contributed by atoms with Gasteiger partial charge < -0.3 is 14.6 Å². The molecule has 1 aromatic carbocycles. The van der Waals surface area contributed by atoms with Crippen LogP contribution in [0.1, 0.15) is 38.8 Å².